The molecule has 6 nitrogen and oxygen atoms in total. The van der Waals surface area contributed by atoms with E-state index >= 15 is 0 Å². The third-order valence-electron chi connectivity index (χ3n) is 6.80. The van der Waals surface area contributed by atoms with Crippen LogP contribution in [0.4, 0.5) is 0 Å². The van der Waals surface area contributed by atoms with Crippen molar-refractivity contribution in [2.24, 2.45) is 5.92 Å². The monoisotopic (exact) mass is 466 g/mol. The van der Waals surface area contributed by atoms with Gasteiger partial charge in [0.15, 0.2) is 0 Å². The molecule has 0 aliphatic carbocycles. The van der Waals surface area contributed by atoms with Crippen molar-refractivity contribution in [1.29, 1.82) is 0 Å². The summed E-state index contributed by atoms with van der Waals surface area (Å²) in [6, 6.07) is 3.88. The summed E-state index contributed by atoms with van der Waals surface area (Å²) < 4.78 is 12.5. The first-order valence-corrected chi connectivity index (χ1v) is 12.3. The number of carbonyl (C=O) groups excluding carboxylic acids is 1. The van der Waals surface area contributed by atoms with Crippen LogP contribution < -0.4 is 4.74 Å². The number of nitrogens with zero attached hydrogens (tertiary/aromatic N) is 2. The van der Waals surface area contributed by atoms with Gasteiger partial charge in [-0.1, -0.05) is 31.9 Å². The molecular formula is C25H39ClN2O4. The second-order valence-corrected chi connectivity index (χ2v) is 10.1. The lowest BCUT2D eigenvalue weighted by Gasteiger charge is -2.44. The van der Waals surface area contributed by atoms with Crippen LogP contribution in [0.15, 0.2) is 12.1 Å². The molecule has 2 fully saturated rings. The molecule has 2 unspecified atom stereocenters. The fourth-order valence-corrected chi connectivity index (χ4v) is 4.71. The summed E-state index contributed by atoms with van der Waals surface area (Å²) in [5.74, 6) is 1.42. The number of likely N-dealkylation sites (tertiary alicyclic amines) is 1. The standard InChI is InChI=1S/C25H39ClN2O4/c1-5-18(2)15-27-10-11-32-25(16-27,14-23(30)28-8-6-21(29)7-9-28)17-31-22-12-19(3)24(26)20(4)13-22/h12-13,18,21,29H,5-11,14-17H2,1-4H3. The molecule has 0 spiro atoms. The summed E-state index contributed by atoms with van der Waals surface area (Å²) in [6.07, 6.45) is 2.38. The van der Waals surface area contributed by atoms with E-state index < -0.39 is 5.60 Å². The van der Waals surface area contributed by atoms with E-state index in [1.54, 1.807) is 0 Å². The highest BCUT2D eigenvalue weighted by molar-refractivity contribution is 6.32. The Hall–Kier alpha value is -1.34. The SMILES string of the molecule is CCC(C)CN1CCOC(COc2cc(C)c(Cl)c(C)c2)(CC(=O)N2CCC(O)CC2)C1. The molecule has 32 heavy (non-hydrogen) atoms. The molecule has 1 amide bonds. The zero-order chi connectivity index (χ0) is 23.3. The molecule has 0 radical (unpaired) electrons. The van der Waals surface area contributed by atoms with Crippen LogP contribution in [-0.2, 0) is 9.53 Å². The highest BCUT2D eigenvalue weighted by atomic mass is 35.5. The van der Waals surface area contributed by atoms with Gasteiger partial charge in [-0.15, -0.1) is 0 Å². The van der Waals surface area contributed by atoms with Crippen molar-refractivity contribution in [3.63, 3.8) is 0 Å². The highest BCUT2D eigenvalue weighted by Crippen LogP contribution is 2.30. The van der Waals surface area contributed by atoms with Crippen molar-refractivity contribution >= 4 is 17.5 Å². The minimum Gasteiger partial charge on any atom is -0.490 e. The van der Waals surface area contributed by atoms with Crippen LogP contribution in [0.25, 0.3) is 0 Å². The smallest absolute Gasteiger partial charge is 0.225 e. The number of rotatable bonds is 8. The third kappa shape index (κ3) is 6.60. The zero-order valence-corrected chi connectivity index (χ0v) is 20.8. The van der Waals surface area contributed by atoms with Gasteiger partial charge in [0.1, 0.15) is 18.0 Å². The Balaban J connectivity index is 1.75. The van der Waals surface area contributed by atoms with Crippen LogP contribution in [0.1, 0.15) is 50.7 Å². The Bertz CT molecular complexity index is 758. The number of amides is 1. The van der Waals surface area contributed by atoms with Crippen molar-refractivity contribution in [2.75, 3.05) is 45.9 Å². The lowest BCUT2D eigenvalue weighted by atomic mass is 9.95. The zero-order valence-electron chi connectivity index (χ0n) is 20.0. The molecule has 2 aliphatic rings. The summed E-state index contributed by atoms with van der Waals surface area (Å²) in [4.78, 5) is 17.5. The normalized spacial score (nSPS) is 23.9. The molecule has 0 aromatic heterocycles. The van der Waals surface area contributed by atoms with Crippen molar-refractivity contribution < 1.29 is 19.4 Å². The molecule has 1 aromatic carbocycles. The van der Waals surface area contributed by atoms with Crippen LogP contribution in [0, 0.1) is 19.8 Å². The van der Waals surface area contributed by atoms with Crippen molar-refractivity contribution in [3.8, 4) is 5.75 Å². The van der Waals surface area contributed by atoms with Gasteiger partial charge >= 0.3 is 0 Å². The number of aliphatic hydroxyl groups is 1. The van der Waals surface area contributed by atoms with Crippen LogP contribution in [-0.4, -0.2) is 78.5 Å². The quantitative estimate of drug-likeness (QED) is 0.631. The second kappa shape index (κ2) is 11.2. The molecule has 2 atom stereocenters. The van der Waals surface area contributed by atoms with E-state index in [1.807, 2.05) is 30.9 Å². The number of morpholine rings is 1. The first kappa shape index (κ1) is 25.3. The number of halogens is 1. The maximum absolute atomic E-state index is 13.2. The number of hydrogen-bond acceptors (Lipinski definition) is 5. The lowest BCUT2D eigenvalue weighted by Crippen LogP contribution is -2.58. The Kier molecular flexibility index (Phi) is 8.84. The van der Waals surface area contributed by atoms with Crippen LogP contribution >= 0.6 is 11.6 Å². The third-order valence-corrected chi connectivity index (χ3v) is 7.39. The Morgan fingerprint density at radius 3 is 2.56 bits per heavy atom. The summed E-state index contributed by atoms with van der Waals surface area (Å²) in [6.45, 7) is 13.0. The molecule has 180 valence electrons. The molecule has 2 heterocycles. The van der Waals surface area contributed by atoms with Gasteiger partial charge in [0, 0.05) is 37.7 Å². The Labute approximate surface area is 197 Å². The number of hydrogen-bond donors (Lipinski definition) is 1. The van der Waals surface area contributed by atoms with Gasteiger partial charge in [-0.05, 0) is 55.9 Å². The fourth-order valence-electron chi connectivity index (χ4n) is 4.60. The summed E-state index contributed by atoms with van der Waals surface area (Å²) in [5.41, 5.74) is 1.25. The molecule has 2 aliphatic heterocycles. The molecule has 1 N–H and O–H groups in total. The van der Waals surface area contributed by atoms with E-state index in [2.05, 4.69) is 18.7 Å². The van der Waals surface area contributed by atoms with E-state index in [0.29, 0.717) is 51.6 Å². The van der Waals surface area contributed by atoms with Crippen molar-refractivity contribution in [1.82, 2.24) is 9.80 Å². The van der Waals surface area contributed by atoms with Gasteiger partial charge in [-0.25, -0.2) is 0 Å². The first-order valence-electron chi connectivity index (χ1n) is 11.9. The van der Waals surface area contributed by atoms with Gasteiger partial charge in [0.05, 0.1) is 19.1 Å². The fraction of sp³-hybridized carbons (Fsp3) is 0.720. The predicted molar refractivity (Wildman–Crippen MR) is 127 cm³/mol. The predicted octanol–water partition coefficient (Wildman–Crippen LogP) is 3.83. The number of ether oxygens (including phenoxy) is 2. The van der Waals surface area contributed by atoms with Gasteiger partial charge < -0.3 is 19.5 Å². The topological polar surface area (TPSA) is 62.2 Å². The van der Waals surface area contributed by atoms with E-state index in [1.165, 1.54) is 0 Å². The highest BCUT2D eigenvalue weighted by Gasteiger charge is 2.41. The first-order chi connectivity index (χ1) is 15.2. The Morgan fingerprint density at radius 2 is 1.94 bits per heavy atom. The lowest BCUT2D eigenvalue weighted by molar-refractivity contribution is -0.158. The molecular weight excluding hydrogens is 428 g/mol. The van der Waals surface area contributed by atoms with Crippen molar-refractivity contribution in [3.05, 3.63) is 28.3 Å². The molecule has 2 saturated heterocycles. The van der Waals surface area contributed by atoms with E-state index in [0.717, 1.165) is 41.4 Å². The maximum Gasteiger partial charge on any atom is 0.225 e. The van der Waals surface area contributed by atoms with Gasteiger partial charge in [-0.3, -0.25) is 9.69 Å². The van der Waals surface area contributed by atoms with Gasteiger partial charge in [0.25, 0.3) is 0 Å². The molecule has 1 aromatic rings. The van der Waals surface area contributed by atoms with Crippen LogP contribution in [0.5, 0.6) is 5.75 Å². The molecule has 3 rings (SSSR count). The maximum atomic E-state index is 13.2. The largest absolute Gasteiger partial charge is 0.490 e. The average Bonchev–Trinajstić information content (AvgIpc) is 2.76. The minimum absolute atomic E-state index is 0.0781. The molecule has 7 heteroatoms. The number of carbonyl (C=O) groups is 1. The second-order valence-electron chi connectivity index (χ2n) is 9.73. The minimum atomic E-state index is -0.694. The van der Waals surface area contributed by atoms with Gasteiger partial charge in [-0.2, -0.15) is 0 Å². The summed E-state index contributed by atoms with van der Waals surface area (Å²) in [5, 5.41) is 10.6. The number of aryl methyl sites for hydroxylation is 2. The molecule has 0 saturated carbocycles. The van der Waals surface area contributed by atoms with E-state index in [-0.39, 0.29) is 18.4 Å². The summed E-state index contributed by atoms with van der Waals surface area (Å²) >= 11 is 6.32. The number of piperidine rings is 1. The average molecular weight is 467 g/mol. The molecule has 0 bridgehead atoms. The van der Waals surface area contributed by atoms with Crippen molar-refractivity contribution in [2.45, 2.75) is 65.1 Å². The van der Waals surface area contributed by atoms with Gasteiger partial charge in [0.2, 0.25) is 5.91 Å². The van der Waals surface area contributed by atoms with E-state index in [9.17, 15) is 9.90 Å². The van der Waals surface area contributed by atoms with Crippen LogP contribution in [0.3, 0.4) is 0 Å². The number of aliphatic hydroxyl groups excluding tert-OH is 1. The Morgan fingerprint density at radius 1 is 1.28 bits per heavy atom. The number of benzene rings is 1. The van der Waals surface area contributed by atoms with Crippen LogP contribution in [0.2, 0.25) is 5.02 Å². The summed E-state index contributed by atoms with van der Waals surface area (Å²) in [7, 11) is 0. The van der Waals surface area contributed by atoms with E-state index in [4.69, 9.17) is 21.1 Å².